The molecule has 2 heteroatoms. The molecule has 0 nitrogen and oxygen atoms in total. The maximum atomic E-state index is 13.0. The van der Waals surface area contributed by atoms with Gasteiger partial charge in [-0.1, -0.05) is 35.9 Å². The van der Waals surface area contributed by atoms with E-state index >= 15 is 0 Å². The van der Waals surface area contributed by atoms with Crippen molar-refractivity contribution >= 4 is 11.6 Å². The van der Waals surface area contributed by atoms with Crippen LogP contribution in [-0.4, -0.2) is 0 Å². The molecule has 2 rings (SSSR count). The highest BCUT2D eigenvalue weighted by Gasteiger charge is 2.04. The van der Waals surface area contributed by atoms with Crippen LogP contribution in [0, 0.1) is 18.8 Å². The maximum absolute atomic E-state index is 13.0. The second-order valence-corrected chi connectivity index (χ2v) is 3.78. The summed E-state index contributed by atoms with van der Waals surface area (Å²) in [6.45, 7) is 1.99. The highest BCUT2D eigenvalue weighted by atomic mass is 35.5. The Morgan fingerprint density at radius 3 is 2.73 bits per heavy atom. The molecular weight excluding hydrogens is 211 g/mol. The normalized spacial score (nSPS) is 10.3. The van der Waals surface area contributed by atoms with E-state index in [9.17, 15) is 4.39 Å². The summed E-state index contributed by atoms with van der Waals surface area (Å²) in [7, 11) is 0. The van der Waals surface area contributed by atoms with Crippen LogP contribution in [0.1, 0.15) is 5.56 Å². The minimum atomic E-state index is -0.388. The third-order valence-corrected chi connectivity index (χ3v) is 2.59. The van der Waals surface area contributed by atoms with Gasteiger partial charge < -0.3 is 0 Å². The number of hydrogen-bond acceptors (Lipinski definition) is 0. The summed E-state index contributed by atoms with van der Waals surface area (Å²) in [5, 5.41) is 0.153. The number of rotatable bonds is 1. The largest absolute Gasteiger partial charge is 0.205 e. The summed E-state index contributed by atoms with van der Waals surface area (Å²) in [5.41, 5.74) is 3.07. The second-order valence-electron chi connectivity index (χ2n) is 3.37. The molecule has 2 aromatic rings. The van der Waals surface area contributed by atoms with E-state index in [1.165, 1.54) is 6.07 Å². The molecule has 15 heavy (non-hydrogen) atoms. The van der Waals surface area contributed by atoms with Crippen LogP contribution in [-0.2, 0) is 0 Å². The Morgan fingerprint density at radius 2 is 2.07 bits per heavy atom. The molecule has 0 aliphatic heterocycles. The molecule has 0 fully saturated rings. The zero-order chi connectivity index (χ0) is 10.8. The molecule has 1 radical (unpaired) electrons. The molecule has 75 valence electrons. The van der Waals surface area contributed by atoms with Crippen molar-refractivity contribution in [3.63, 3.8) is 0 Å². The first-order chi connectivity index (χ1) is 7.18. The van der Waals surface area contributed by atoms with Gasteiger partial charge in [0.2, 0.25) is 0 Å². The summed E-state index contributed by atoms with van der Waals surface area (Å²) in [6, 6.07) is 13.4. The second kappa shape index (κ2) is 4.03. The zero-order valence-corrected chi connectivity index (χ0v) is 8.98. The van der Waals surface area contributed by atoms with Crippen LogP contribution in [0.4, 0.5) is 4.39 Å². The zero-order valence-electron chi connectivity index (χ0n) is 8.22. The Labute approximate surface area is 93.3 Å². The fourth-order valence-electron chi connectivity index (χ4n) is 1.50. The Hall–Kier alpha value is -1.34. The summed E-state index contributed by atoms with van der Waals surface area (Å²) in [6.07, 6.45) is 0. The van der Waals surface area contributed by atoms with E-state index in [2.05, 4.69) is 6.07 Å². The predicted octanol–water partition coefficient (Wildman–Crippen LogP) is 4.25. The van der Waals surface area contributed by atoms with Crippen molar-refractivity contribution in [3.8, 4) is 11.1 Å². The van der Waals surface area contributed by atoms with E-state index < -0.39 is 0 Å². The predicted molar refractivity (Wildman–Crippen MR) is 60.4 cm³/mol. The highest BCUT2D eigenvalue weighted by molar-refractivity contribution is 6.31. The van der Waals surface area contributed by atoms with Crippen LogP contribution in [0.3, 0.4) is 0 Å². The minimum Gasteiger partial charge on any atom is -0.205 e. The van der Waals surface area contributed by atoms with Crippen LogP contribution in [0.2, 0.25) is 5.02 Å². The molecule has 0 saturated carbocycles. The van der Waals surface area contributed by atoms with E-state index in [4.69, 9.17) is 11.6 Å². The first-order valence-electron chi connectivity index (χ1n) is 4.60. The van der Waals surface area contributed by atoms with Crippen LogP contribution in [0.15, 0.2) is 36.4 Å². The SMILES string of the molecule is Cc1c[c]ccc1-c1ccc(F)c(Cl)c1. The molecule has 0 N–H and O–H groups in total. The molecule has 0 bridgehead atoms. The van der Waals surface area contributed by atoms with Gasteiger partial charge in [-0.3, -0.25) is 0 Å². The Kier molecular flexibility index (Phi) is 2.74. The molecule has 0 amide bonds. The molecule has 0 spiro atoms. The standard InChI is InChI=1S/C13H9ClF/c1-9-4-2-3-5-11(9)10-6-7-13(15)12(14)8-10/h3-8H,1H3. The molecule has 2 aromatic carbocycles. The summed E-state index contributed by atoms with van der Waals surface area (Å²) in [5.74, 6) is -0.388. The van der Waals surface area contributed by atoms with Crippen molar-refractivity contribution in [2.75, 3.05) is 0 Å². The van der Waals surface area contributed by atoms with E-state index in [1.807, 2.05) is 25.1 Å². The van der Waals surface area contributed by atoms with Gasteiger partial charge in [-0.2, -0.15) is 0 Å². The Bertz CT molecular complexity index is 492. The quantitative estimate of drug-likeness (QED) is 0.673. The van der Waals surface area contributed by atoms with Gasteiger partial charge in [0.1, 0.15) is 5.82 Å². The van der Waals surface area contributed by atoms with Gasteiger partial charge in [0.05, 0.1) is 5.02 Å². The third-order valence-electron chi connectivity index (χ3n) is 2.30. The highest BCUT2D eigenvalue weighted by Crippen LogP contribution is 2.26. The molecule has 0 aromatic heterocycles. The lowest BCUT2D eigenvalue weighted by Gasteiger charge is -2.05. The first kappa shape index (κ1) is 10.2. The Balaban J connectivity index is 2.55. The smallest absolute Gasteiger partial charge is 0.141 e. The van der Waals surface area contributed by atoms with E-state index in [0.717, 1.165) is 16.7 Å². The van der Waals surface area contributed by atoms with Gasteiger partial charge in [0.15, 0.2) is 0 Å². The molecule has 0 aliphatic rings. The van der Waals surface area contributed by atoms with Gasteiger partial charge in [-0.15, -0.1) is 0 Å². The number of hydrogen-bond donors (Lipinski definition) is 0. The van der Waals surface area contributed by atoms with E-state index in [1.54, 1.807) is 12.1 Å². The third kappa shape index (κ3) is 2.02. The van der Waals surface area contributed by atoms with Gasteiger partial charge in [-0.05, 0) is 41.8 Å². The fourth-order valence-corrected chi connectivity index (χ4v) is 1.68. The molecule has 0 unspecified atom stereocenters. The molecule has 0 aliphatic carbocycles. The minimum absolute atomic E-state index is 0.153. The summed E-state index contributed by atoms with van der Waals surface area (Å²) in [4.78, 5) is 0. The number of benzene rings is 2. The van der Waals surface area contributed by atoms with Crippen molar-refractivity contribution in [1.82, 2.24) is 0 Å². The average molecular weight is 220 g/mol. The van der Waals surface area contributed by atoms with Gasteiger partial charge >= 0.3 is 0 Å². The van der Waals surface area contributed by atoms with Crippen molar-refractivity contribution in [2.45, 2.75) is 6.92 Å². The van der Waals surface area contributed by atoms with Crippen LogP contribution < -0.4 is 0 Å². The maximum Gasteiger partial charge on any atom is 0.141 e. The van der Waals surface area contributed by atoms with E-state index in [-0.39, 0.29) is 10.8 Å². The monoisotopic (exact) mass is 219 g/mol. The number of halogens is 2. The Morgan fingerprint density at radius 1 is 1.27 bits per heavy atom. The lowest BCUT2D eigenvalue weighted by molar-refractivity contribution is 0.628. The molecule has 0 atom stereocenters. The lowest BCUT2D eigenvalue weighted by atomic mass is 10.0. The first-order valence-corrected chi connectivity index (χ1v) is 4.98. The lowest BCUT2D eigenvalue weighted by Crippen LogP contribution is -1.84. The van der Waals surface area contributed by atoms with Crippen molar-refractivity contribution in [1.29, 1.82) is 0 Å². The van der Waals surface area contributed by atoms with Crippen LogP contribution in [0.5, 0.6) is 0 Å². The van der Waals surface area contributed by atoms with Crippen molar-refractivity contribution in [2.24, 2.45) is 0 Å². The average Bonchev–Trinajstić information content (AvgIpc) is 2.23. The van der Waals surface area contributed by atoms with Gasteiger partial charge in [0.25, 0.3) is 0 Å². The van der Waals surface area contributed by atoms with Crippen molar-refractivity contribution < 1.29 is 4.39 Å². The van der Waals surface area contributed by atoms with Crippen molar-refractivity contribution in [3.05, 3.63) is 58.9 Å². The fraction of sp³-hybridized carbons (Fsp3) is 0.0769. The topological polar surface area (TPSA) is 0 Å². The van der Waals surface area contributed by atoms with E-state index in [0.29, 0.717) is 0 Å². The summed E-state index contributed by atoms with van der Waals surface area (Å²) < 4.78 is 13.0. The molecule has 0 saturated heterocycles. The molecule has 0 heterocycles. The summed E-state index contributed by atoms with van der Waals surface area (Å²) >= 11 is 5.73. The van der Waals surface area contributed by atoms with Gasteiger partial charge in [-0.25, -0.2) is 4.39 Å². The number of aryl methyl sites for hydroxylation is 1. The van der Waals surface area contributed by atoms with Crippen LogP contribution in [0.25, 0.3) is 11.1 Å². The van der Waals surface area contributed by atoms with Crippen LogP contribution >= 0.6 is 11.6 Å². The molecular formula is C13H9ClF. The van der Waals surface area contributed by atoms with Gasteiger partial charge in [0, 0.05) is 0 Å².